The van der Waals surface area contributed by atoms with Gasteiger partial charge in [-0.15, -0.1) is 0 Å². The van der Waals surface area contributed by atoms with Gasteiger partial charge in [0.2, 0.25) is 11.8 Å². The molecule has 0 radical (unpaired) electrons. The number of piperidine rings is 2. The van der Waals surface area contributed by atoms with Crippen molar-refractivity contribution in [1.29, 1.82) is 0 Å². The number of nitrogen functional groups attached to an aromatic ring is 1. The minimum absolute atomic E-state index is 0.0985. The van der Waals surface area contributed by atoms with Gasteiger partial charge in [0.15, 0.2) is 5.65 Å². The molecule has 1 saturated carbocycles. The summed E-state index contributed by atoms with van der Waals surface area (Å²) >= 11 is 0. The predicted molar refractivity (Wildman–Crippen MR) is 212 cm³/mol. The van der Waals surface area contributed by atoms with Crippen molar-refractivity contribution in [2.75, 3.05) is 36.8 Å². The number of rotatable bonds is 7. The van der Waals surface area contributed by atoms with E-state index in [1.165, 1.54) is 6.33 Å². The lowest BCUT2D eigenvalue weighted by Crippen LogP contribution is -2.62. The second kappa shape index (κ2) is 13.8. The Morgan fingerprint density at radius 3 is 2.23 bits per heavy atom. The molecule has 1 unspecified atom stereocenters. The first kappa shape index (κ1) is 35.3. The van der Waals surface area contributed by atoms with Crippen LogP contribution in [0, 0.1) is 5.41 Å². The molecule has 3 saturated heterocycles. The van der Waals surface area contributed by atoms with Gasteiger partial charge >= 0.3 is 0 Å². The smallest absolute Gasteiger partial charge is 0.262 e. The number of imide groups is 2. The molecular formula is C43H43N9O5. The first-order chi connectivity index (χ1) is 27.7. The van der Waals surface area contributed by atoms with Gasteiger partial charge in [-0.3, -0.25) is 34.3 Å². The van der Waals surface area contributed by atoms with Crippen molar-refractivity contribution < 1.29 is 23.9 Å². The van der Waals surface area contributed by atoms with Crippen molar-refractivity contribution >= 4 is 46.2 Å². The van der Waals surface area contributed by atoms with Crippen LogP contribution >= 0.6 is 0 Å². The van der Waals surface area contributed by atoms with Gasteiger partial charge in [0, 0.05) is 49.9 Å². The Morgan fingerprint density at radius 2 is 1.49 bits per heavy atom. The van der Waals surface area contributed by atoms with E-state index < -0.39 is 23.8 Å². The summed E-state index contributed by atoms with van der Waals surface area (Å²) in [5.41, 5.74) is 10.8. The summed E-state index contributed by atoms with van der Waals surface area (Å²) in [6.07, 6.45) is 8.13. The fourth-order valence-corrected chi connectivity index (χ4v) is 9.75. The zero-order valence-corrected chi connectivity index (χ0v) is 31.5. The third-order valence-corrected chi connectivity index (χ3v) is 12.8. The molecule has 1 spiro atoms. The van der Waals surface area contributed by atoms with Crippen LogP contribution in [0.4, 0.5) is 11.5 Å². The monoisotopic (exact) mass is 765 g/mol. The van der Waals surface area contributed by atoms with Gasteiger partial charge in [-0.2, -0.15) is 5.10 Å². The number of hydrogen-bond acceptors (Lipinski definition) is 11. The van der Waals surface area contributed by atoms with E-state index in [2.05, 4.69) is 29.8 Å². The molecule has 4 amide bonds. The number of aromatic nitrogens is 4. The van der Waals surface area contributed by atoms with Gasteiger partial charge in [0.1, 0.15) is 35.4 Å². The minimum atomic E-state index is -0.966. The molecule has 4 aliphatic heterocycles. The number of para-hydroxylation sites is 1. The van der Waals surface area contributed by atoms with E-state index in [4.69, 9.17) is 15.6 Å². The second-order valence-electron chi connectivity index (χ2n) is 16.2. The number of fused-ring (bicyclic) bond motifs is 2. The van der Waals surface area contributed by atoms with Crippen LogP contribution in [0.2, 0.25) is 0 Å². The fourth-order valence-electron chi connectivity index (χ4n) is 9.75. The van der Waals surface area contributed by atoms with Crippen LogP contribution in [0.5, 0.6) is 11.5 Å². The second-order valence-corrected chi connectivity index (χ2v) is 16.2. The standard InChI is InChI=1S/C43H43N9O5/c44-38-36-37(26-6-9-31(10-7-26)57-30-4-2-1-3-5-30)48-52(39(36)46-25-45-38)28-14-18-43(19-15-28)23-50(24-43)27-16-20-49(21-17-27)29-8-11-32-33(22-29)42(56)51(41(32)55)34-12-13-35(53)47-40(34)54/h1-11,22,25,27-28,34H,12-21,23-24H2,(H2,44,45,46)(H,47,53,54). The first-order valence-corrected chi connectivity index (χ1v) is 19.9. The molecule has 6 heterocycles. The maximum atomic E-state index is 13.4. The van der Waals surface area contributed by atoms with Crippen LogP contribution < -0.4 is 20.7 Å². The van der Waals surface area contributed by atoms with Gasteiger partial charge < -0.3 is 15.4 Å². The molecule has 2 aromatic heterocycles. The summed E-state index contributed by atoms with van der Waals surface area (Å²) in [6.45, 7) is 3.92. The molecular weight excluding hydrogens is 723 g/mol. The number of nitrogens with zero attached hydrogens (tertiary/aromatic N) is 7. The predicted octanol–water partition coefficient (Wildman–Crippen LogP) is 5.36. The van der Waals surface area contributed by atoms with E-state index in [1.54, 1.807) is 12.1 Å². The summed E-state index contributed by atoms with van der Waals surface area (Å²) in [5, 5.41) is 8.18. The number of benzene rings is 3. The fraction of sp³-hybridized carbons (Fsp3) is 0.372. The summed E-state index contributed by atoms with van der Waals surface area (Å²) < 4.78 is 8.10. The zero-order valence-electron chi connectivity index (χ0n) is 31.5. The van der Waals surface area contributed by atoms with Crippen LogP contribution in [0.1, 0.15) is 78.1 Å². The largest absolute Gasteiger partial charge is 0.457 e. The van der Waals surface area contributed by atoms with E-state index in [0.717, 1.165) is 109 Å². The highest BCUT2D eigenvalue weighted by atomic mass is 16.5. The molecule has 3 N–H and O–H groups in total. The van der Waals surface area contributed by atoms with E-state index >= 15 is 0 Å². The van der Waals surface area contributed by atoms with Crippen LogP contribution in [0.3, 0.4) is 0 Å². The third-order valence-electron chi connectivity index (χ3n) is 12.8. The van der Waals surface area contributed by atoms with Crippen LogP contribution in [-0.2, 0) is 9.59 Å². The molecule has 10 rings (SSSR count). The summed E-state index contributed by atoms with van der Waals surface area (Å²) in [4.78, 5) is 65.6. The molecule has 5 aliphatic rings. The van der Waals surface area contributed by atoms with E-state index in [0.29, 0.717) is 28.4 Å². The summed E-state index contributed by atoms with van der Waals surface area (Å²) in [7, 11) is 0. The van der Waals surface area contributed by atoms with Crippen molar-refractivity contribution in [2.24, 2.45) is 5.41 Å². The topological polar surface area (TPSA) is 169 Å². The molecule has 3 aromatic carbocycles. The number of carbonyl (C=O) groups excluding carboxylic acids is 4. The number of likely N-dealkylation sites (tertiary alicyclic amines) is 1. The Morgan fingerprint density at radius 1 is 0.772 bits per heavy atom. The number of amides is 4. The Hall–Kier alpha value is -6.15. The quantitative estimate of drug-likeness (QED) is 0.205. The Kier molecular flexibility index (Phi) is 8.54. The van der Waals surface area contributed by atoms with E-state index in [9.17, 15) is 19.2 Å². The number of nitrogens with two attached hydrogens (primary N) is 1. The van der Waals surface area contributed by atoms with Crippen LogP contribution in [-0.4, -0.2) is 91.4 Å². The molecule has 1 atom stereocenters. The number of carbonyl (C=O) groups is 4. The van der Waals surface area contributed by atoms with Crippen molar-refractivity contribution in [3.8, 4) is 22.8 Å². The van der Waals surface area contributed by atoms with Crippen molar-refractivity contribution in [3.63, 3.8) is 0 Å². The highest BCUT2D eigenvalue weighted by Crippen LogP contribution is 2.49. The highest BCUT2D eigenvalue weighted by molar-refractivity contribution is 6.23. The minimum Gasteiger partial charge on any atom is -0.457 e. The van der Waals surface area contributed by atoms with Crippen LogP contribution in [0.25, 0.3) is 22.3 Å². The molecule has 14 heteroatoms. The lowest BCUT2D eigenvalue weighted by molar-refractivity contribution is -0.136. The normalized spacial score (nSPS) is 21.6. The summed E-state index contributed by atoms with van der Waals surface area (Å²) in [5.74, 6) is 0.0156. The Bertz CT molecular complexity index is 2410. The number of anilines is 2. The van der Waals surface area contributed by atoms with Gasteiger partial charge in [-0.25, -0.2) is 14.6 Å². The Balaban J connectivity index is 0.755. The zero-order chi connectivity index (χ0) is 38.8. The summed E-state index contributed by atoms with van der Waals surface area (Å²) in [6, 6.07) is 22.8. The van der Waals surface area contributed by atoms with Crippen LogP contribution in [0.15, 0.2) is 79.1 Å². The van der Waals surface area contributed by atoms with Gasteiger partial charge in [-0.05, 0) is 105 Å². The highest BCUT2D eigenvalue weighted by Gasteiger charge is 2.48. The molecule has 14 nitrogen and oxygen atoms in total. The van der Waals surface area contributed by atoms with E-state index in [1.807, 2.05) is 60.7 Å². The maximum absolute atomic E-state index is 13.4. The third kappa shape index (κ3) is 6.18. The Labute approximate surface area is 329 Å². The van der Waals surface area contributed by atoms with Gasteiger partial charge in [-0.1, -0.05) is 18.2 Å². The van der Waals surface area contributed by atoms with Crippen molar-refractivity contribution in [3.05, 3.63) is 90.3 Å². The lowest BCUT2D eigenvalue weighted by Gasteiger charge is -2.57. The molecule has 4 fully saturated rings. The lowest BCUT2D eigenvalue weighted by atomic mass is 9.66. The number of ether oxygens (including phenoxy) is 1. The molecule has 57 heavy (non-hydrogen) atoms. The molecule has 5 aromatic rings. The van der Waals surface area contributed by atoms with Crippen molar-refractivity contribution in [1.82, 2.24) is 34.9 Å². The number of hydrogen-bond donors (Lipinski definition) is 2. The molecule has 0 bridgehead atoms. The SMILES string of the molecule is Nc1ncnc2c1c(-c1ccc(Oc3ccccc3)cc1)nn2C1CCC2(CC1)CN(C1CCN(c3ccc4c(c3)C(=O)N(C3CCC(=O)NC3=O)C4=O)CC1)C2. The van der Waals surface area contributed by atoms with Crippen molar-refractivity contribution in [2.45, 2.75) is 69.5 Å². The number of nitrogens with one attached hydrogen (secondary N) is 1. The molecule has 1 aliphatic carbocycles. The average Bonchev–Trinajstić information content (AvgIpc) is 3.73. The maximum Gasteiger partial charge on any atom is 0.262 e. The van der Waals surface area contributed by atoms with Gasteiger partial charge in [0.05, 0.1) is 22.6 Å². The van der Waals surface area contributed by atoms with E-state index in [-0.39, 0.29) is 24.8 Å². The average molecular weight is 766 g/mol. The van der Waals surface area contributed by atoms with Gasteiger partial charge in [0.25, 0.3) is 11.8 Å². The molecule has 290 valence electrons. The first-order valence-electron chi connectivity index (χ1n) is 19.9.